The van der Waals surface area contributed by atoms with Gasteiger partial charge in [-0.1, -0.05) is 13.8 Å². The predicted octanol–water partition coefficient (Wildman–Crippen LogP) is 3.77. The standard InChI is InChI=1S/C14H22N2/c1-11-6-9-15-13(10-11)16-12-4-7-14(2,3)8-5-12/h6,9-10,12H,4-5,7-8H2,1-3H3,(H,15,16). The molecule has 1 aromatic heterocycles. The van der Waals surface area contributed by atoms with Gasteiger partial charge < -0.3 is 5.32 Å². The van der Waals surface area contributed by atoms with Gasteiger partial charge in [0.2, 0.25) is 0 Å². The van der Waals surface area contributed by atoms with Crippen LogP contribution in [0.3, 0.4) is 0 Å². The van der Waals surface area contributed by atoms with E-state index in [1.165, 1.54) is 31.2 Å². The van der Waals surface area contributed by atoms with E-state index in [1.54, 1.807) is 0 Å². The largest absolute Gasteiger partial charge is 0.367 e. The molecule has 88 valence electrons. The molecule has 1 saturated carbocycles. The molecule has 16 heavy (non-hydrogen) atoms. The minimum Gasteiger partial charge on any atom is -0.367 e. The van der Waals surface area contributed by atoms with Crippen molar-refractivity contribution in [3.8, 4) is 0 Å². The fourth-order valence-electron chi connectivity index (χ4n) is 2.37. The summed E-state index contributed by atoms with van der Waals surface area (Å²) in [5, 5.41) is 3.55. The number of hydrogen-bond donors (Lipinski definition) is 1. The molecule has 0 unspecified atom stereocenters. The zero-order chi connectivity index (χ0) is 11.6. The Morgan fingerprint density at radius 2 is 2.00 bits per heavy atom. The predicted molar refractivity (Wildman–Crippen MR) is 68.6 cm³/mol. The third-order valence-electron chi connectivity index (χ3n) is 3.61. The van der Waals surface area contributed by atoms with Gasteiger partial charge in [-0.25, -0.2) is 4.98 Å². The second-order valence-electron chi connectivity index (χ2n) is 5.80. The third kappa shape index (κ3) is 2.97. The van der Waals surface area contributed by atoms with Crippen LogP contribution in [-0.4, -0.2) is 11.0 Å². The maximum absolute atomic E-state index is 4.36. The van der Waals surface area contributed by atoms with Gasteiger partial charge in [-0.05, 0) is 55.7 Å². The van der Waals surface area contributed by atoms with Crippen molar-refractivity contribution in [1.82, 2.24) is 4.98 Å². The molecule has 1 aliphatic carbocycles. The Labute approximate surface area is 98.5 Å². The summed E-state index contributed by atoms with van der Waals surface area (Å²) in [4.78, 5) is 4.36. The zero-order valence-electron chi connectivity index (χ0n) is 10.6. The van der Waals surface area contributed by atoms with Gasteiger partial charge in [0.1, 0.15) is 5.82 Å². The van der Waals surface area contributed by atoms with Gasteiger partial charge in [-0.2, -0.15) is 0 Å². The number of nitrogens with zero attached hydrogens (tertiary/aromatic N) is 1. The quantitative estimate of drug-likeness (QED) is 0.817. The normalized spacial score (nSPS) is 20.7. The van der Waals surface area contributed by atoms with Gasteiger partial charge in [0.15, 0.2) is 0 Å². The van der Waals surface area contributed by atoms with Crippen LogP contribution in [0.25, 0.3) is 0 Å². The highest BCUT2D eigenvalue weighted by molar-refractivity contribution is 5.38. The fourth-order valence-corrected chi connectivity index (χ4v) is 2.37. The molecule has 0 atom stereocenters. The lowest BCUT2D eigenvalue weighted by atomic mass is 9.75. The summed E-state index contributed by atoms with van der Waals surface area (Å²) in [6, 6.07) is 4.77. The molecule has 0 saturated heterocycles. The molecule has 2 nitrogen and oxygen atoms in total. The van der Waals surface area contributed by atoms with E-state index in [1.807, 2.05) is 12.3 Å². The first kappa shape index (κ1) is 11.4. The van der Waals surface area contributed by atoms with Crippen molar-refractivity contribution in [2.45, 2.75) is 52.5 Å². The average Bonchev–Trinajstić information content (AvgIpc) is 2.21. The first-order valence-corrected chi connectivity index (χ1v) is 6.24. The lowest BCUT2D eigenvalue weighted by Gasteiger charge is -2.34. The molecule has 1 aromatic rings. The summed E-state index contributed by atoms with van der Waals surface area (Å²) in [6.07, 6.45) is 7.04. The molecular formula is C14H22N2. The summed E-state index contributed by atoms with van der Waals surface area (Å²) < 4.78 is 0. The molecule has 1 N–H and O–H groups in total. The number of rotatable bonds is 2. The van der Waals surface area contributed by atoms with Crippen LogP contribution in [0.2, 0.25) is 0 Å². The molecule has 1 aliphatic rings. The van der Waals surface area contributed by atoms with Crippen molar-refractivity contribution in [3.05, 3.63) is 23.9 Å². The first-order valence-electron chi connectivity index (χ1n) is 6.24. The highest BCUT2D eigenvalue weighted by Gasteiger charge is 2.26. The van der Waals surface area contributed by atoms with E-state index >= 15 is 0 Å². The van der Waals surface area contributed by atoms with E-state index in [9.17, 15) is 0 Å². The Morgan fingerprint density at radius 1 is 1.31 bits per heavy atom. The second kappa shape index (κ2) is 4.44. The van der Waals surface area contributed by atoms with Crippen molar-refractivity contribution >= 4 is 5.82 Å². The van der Waals surface area contributed by atoms with Gasteiger partial charge >= 0.3 is 0 Å². The van der Waals surface area contributed by atoms with Crippen LogP contribution in [0.5, 0.6) is 0 Å². The smallest absolute Gasteiger partial charge is 0.126 e. The molecule has 2 heteroatoms. The van der Waals surface area contributed by atoms with Crippen LogP contribution in [0, 0.1) is 12.3 Å². The average molecular weight is 218 g/mol. The van der Waals surface area contributed by atoms with E-state index in [0.29, 0.717) is 11.5 Å². The minimum absolute atomic E-state index is 0.540. The zero-order valence-corrected chi connectivity index (χ0v) is 10.6. The maximum atomic E-state index is 4.36. The number of aryl methyl sites for hydroxylation is 1. The monoisotopic (exact) mass is 218 g/mol. The van der Waals surface area contributed by atoms with Crippen LogP contribution in [0.4, 0.5) is 5.82 Å². The van der Waals surface area contributed by atoms with Gasteiger partial charge in [-0.15, -0.1) is 0 Å². The van der Waals surface area contributed by atoms with Crippen molar-refractivity contribution < 1.29 is 0 Å². The van der Waals surface area contributed by atoms with Crippen molar-refractivity contribution in [2.24, 2.45) is 5.41 Å². The highest BCUT2D eigenvalue weighted by Crippen LogP contribution is 2.35. The molecule has 0 aliphatic heterocycles. The highest BCUT2D eigenvalue weighted by atomic mass is 15.0. The molecular weight excluding hydrogens is 196 g/mol. The number of hydrogen-bond acceptors (Lipinski definition) is 2. The van der Waals surface area contributed by atoms with Crippen LogP contribution in [0.1, 0.15) is 45.1 Å². The molecule has 0 aromatic carbocycles. The summed E-state index contributed by atoms with van der Waals surface area (Å²) in [5.74, 6) is 1.03. The van der Waals surface area contributed by atoms with E-state index in [4.69, 9.17) is 0 Å². The Bertz CT molecular complexity index is 348. The van der Waals surface area contributed by atoms with Gasteiger partial charge in [0.05, 0.1) is 0 Å². The number of pyridine rings is 1. The molecule has 0 amide bonds. The molecule has 0 bridgehead atoms. The molecule has 1 heterocycles. The van der Waals surface area contributed by atoms with Crippen molar-refractivity contribution in [2.75, 3.05) is 5.32 Å². The van der Waals surface area contributed by atoms with Gasteiger partial charge in [-0.3, -0.25) is 0 Å². The van der Waals surface area contributed by atoms with E-state index < -0.39 is 0 Å². The summed E-state index contributed by atoms with van der Waals surface area (Å²) in [7, 11) is 0. The SMILES string of the molecule is Cc1ccnc(NC2CCC(C)(C)CC2)c1. The minimum atomic E-state index is 0.540. The van der Waals surface area contributed by atoms with Crippen molar-refractivity contribution in [3.63, 3.8) is 0 Å². The Hall–Kier alpha value is -1.05. The fraction of sp³-hybridized carbons (Fsp3) is 0.643. The van der Waals surface area contributed by atoms with Gasteiger partial charge in [0, 0.05) is 12.2 Å². The topological polar surface area (TPSA) is 24.9 Å². The van der Waals surface area contributed by atoms with Crippen LogP contribution < -0.4 is 5.32 Å². The van der Waals surface area contributed by atoms with E-state index in [0.717, 1.165) is 5.82 Å². The van der Waals surface area contributed by atoms with Crippen LogP contribution in [-0.2, 0) is 0 Å². The van der Waals surface area contributed by atoms with Gasteiger partial charge in [0.25, 0.3) is 0 Å². The summed E-state index contributed by atoms with van der Waals surface area (Å²) >= 11 is 0. The molecule has 0 radical (unpaired) electrons. The van der Waals surface area contributed by atoms with Crippen molar-refractivity contribution in [1.29, 1.82) is 0 Å². The number of anilines is 1. The number of aromatic nitrogens is 1. The Morgan fingerprint density at radius 3 is 2.62 bits per heavy atom. The lowest BCUT2D eigenvalue weighted by Crippen LogP contribution is -2.30. The molecule has 0 spiro atoms. The maximum Gasteiger partial charge on any atom is 0.126 e. The first-order chi connectivity index (χ1) is 7.55. The second-order valence-corrected chi connectivity index (χ2v) is 5.80. The molecule has 2 rings (SSSR count). The Balaban J connectivity index is 1.92. The van der Waals surface area contributed by atoms with E-state index in [2.05, 4.69) is 37.1 Å². The Kier molecular flexibility index (Phi) is 3.17. The molecule has 1 fully saturated rings. The summed E-state index contributed by atoms with van der Waals surface area (Å²) in [6.45, 7) is 6.85. The number of nitrogens with one attached hydrogen (secondary N) is 1. The van der Waals surface area contributed by atoms with E-state index in [-0.39, 0.29) is 0 Å². The summed E-state index contributed by atoms with van der Waals surface area (Å²) in [5.41, 5.74) is 1.81. The lowest BCUT2D eigenvalue weighted by molar-refractivity contribution is 0.232. The third-order valence-corrected chi connectivity index (χ3v) is 3.61. The van der Waals surface area contributed by atoms with Crippen LogP contribution in [0.15, 0.2) is 18.3 Å². The van der Waals surface area contributed by atoms with Crippen LogP contribution >= 0.6 is 0 Å².